The Labute approximate surface area is 106 Å². The number of thiazole rings is 1. The Morgan fingerprint density at radius 2 is 2.47 bits per heavy atom. The number of aromatic nitrogens is 1. The van der Waals surface area contributed by atoms with Crippen LogP contribution in [0.25, 0.3) is 0 Å². The van der Waals surface area contributed by atoms with Crippen LogP contribution < -0.4 is 5.32 Å². The molecule has 1 aliphatic rings. The van der Waals surface area contributed by atoms with Gasteiger partial charge in [0.25, 0.3) is 0 Å². The fourth-order valence-electron chi connectivity index (χ4n) is 2.41. The molecule has 2 rings (SSSR count). The maximum atomic E-state index is 12.1. The second-order valence-corrected chi connectivity index (χ2v) is 5.64. The number of amides is 1. The van der Waals surface area contributed by atoms with Gasteiger partial charge in [0.2, 0.25) is 5.91 Å². The Morgan fingerprint density at radius 3 is 3.12 bits per heavy atom. The molecule has 17 heavy (non-hydrogen) atoms. The molecule has 1 fully saturated rings. The van der Waals surface area contributed by atoms with E-state index in [9.17, 15) is 4.79 Å². The van der Waals surface area contributed by atoms with Crippen molar-refractivity contribution in [3.63, 3.8) is 0 Å². The monoisotopic (exact) mass is 253 g/mol. The third-order valence-corrected chi connectivity index (χ3v) is 4.19. The minimum Gasteiger partial charge on any atom is -0.353 e. The number of hydrogen-bond donors (Lipinski definition) is 1. The lowest BCUT2D eigenvalue weighted by Gasteiger charge is -2.43. The van der Waals surface area contributed by atoms with Crippen molar-refractivity contribution in [3.8, 4) is 0 Å². The predicted molar refractivity (Wildman–Crippen MR) is 68.8 cm³/mol. The largest absolute Gasteiger partial charge is 0.353 e. The van der Waals surface area contributed by atoms with Crippen LogP contribution in [0.5, 0.6) is 0 Å². The number of rotatable bonds is 4. The van der Waals surface area contributed by atoms with E-state index in [1.54, 1.807) is 11.3 Å². The number of carbonyl (C=O) groups is 1. The number of hydrogen-bond acceptors (Lipinski definition) is 4. The zero-order valence-electron chi connectivity index (χ0n) is 10.4. The third-order valence-electron chi connectivity index (χ3n) is 3.42. The maximum Gasteiger partial charge on any atom is 0.240 e. The van der Waals surface area contributed by atoms with E-state index in [0.717, 1.165) is 32.5 Å². The van der Waals surface area contributed by atoms with E-state index in [0.29, 0.717) is 0 Å². The zero-order chi connectivity index (χ0) is 12.3. The van der Waals surface area contributed by atoms with Crippen molar-refractivity contribution in [3.05, 3.63) is 16.6 Å². The summed E-state index contributed by atoms with van der Waals surface area (Å²) in [5.74, 6) is 0.162. The second-order valence-electron chi connectivity index (χ2n) is 4.67. The van der Waals surface area contributed by atoms with Crippen LogP contribution >= 0.6 is 11.3 Å². The van der Waals surface area contributed by atoms with Gasteiger partial charge in [-0.05, 0) is 13.3 Å². The quantitative estimate of drug-likeness (QED) is 0.887. The first kappa shape index (κ1) is 12.5. The van der Waals surface area contributed by atoms with Gasteiger partial charge in [0.1, 0.15) is 0 Å². The standard InChI is InChI=1S/C12H19N3OS/c1-3-4-12(2)11(16)14-5-6-15(12)8-10-7-13-9-17-10/h7,9H,3-6,8H2,1-2H3,(H,14,16)/t12-/m1/s1. The average molecular weight is 253 g/mol. The number of piperazine rings is 1. The lowest BCUT2D eigenvalue weighted by atomic mass is 9.90. The fourth-order valence-corrected chi connectivity index (χ4v) is 3.01. The molecule has 4 nitrogen and oxygen atoms in total. The van der Waals surface area contributed by atoms with Gasteiger partial charge in [0.05, 0.1) is 11.0 Å². The Hall–Kier alpha value is -0.940. The minimum absolute atomic E-state index is 0.162. The predicted octanol–water partition coefficient (Wildman–Crippen LogP) is 1.63. The van der Waals surface area contributed by atoms with E-state index in [1.807, 2.05) is 18.6 Å². The van der Waals surface area contributed by atoms with Crippen LogP contribution in [0.1, 0.15) is 31.6 Å². The van der Waals surface area contributed by atoms with Crippen LogP contribution in [0.2, 0.25) is 0 Å². The fraction of sp³-hybridized carbons (Fsp3) is 0.667. The summed E-state index contributed by atoms with van der Waals surface area (Å²) in [6.45, 7) is 6.66. The Morgan fingerprint density at radius 1 is 1.65 bits per heavy atom. The second kappa shape index (κ2) is 5.14. The van der Waals surface area contributed by atoms with Crippen molar-refractivity contribution >= 4 is 17.2 Å². The zero-order valence-corrected chi connectivity index (χ0v) is 11.2. The maximum absolute atomic E-state index is 12.1. The number of nitrogens with zero attached hydrogens (tertiary/aromatic N) is 2. The van der Waals surface area contributed by atoms with Crippen LogP contribution in [0.15, 0.2) is 11.7 Å². The summed E-state index contributed by atoms with van der Waals surface area (Å²) in [4.78, 5) is 19.7. The van der Waals surface area contributed by atoms with Crippen molar-refractivity contribution in [2.45, 2.75) is 38.8 Å². The lowest BCUT2D eigenvalue weighted by molar-refractivity contribution is -0.137. The molecule has 1 N–H and O–H groups in total. The summed E-state index contributed by atoms with van der Waals surface area (Å²) in [6, 6.07) is 0. The molecule has 0 saturated carbocycles. The van der Waals surface area contributed by atoms with Crippen molar-refractivity contribution in [1.29, 1.82) is 0 Å². The van der Waals surface area contributed by atoms with E-state index < -0.39 is 0 Å². The van der Waals surface area contributed by atoms with Gasteiger partial charge in [-0.1, -0.05) is 13.3 Å². The summed E-state index contributed by atoms with van der Waals surface area (Å²) >= 11 is 1.65. The normalized spacial score (nSPS) is 25.9. The summed E-state index contributed by atoms with van der Waals surface area (Å²) in [7, 11) is 0. The van der Waals surface area contributed by atoms with Crippen LogP contribution in [0.4, 0.5) is 0 Å². The van der Waals surface area contributed by atoms with E-state index in [4.69, 9.17) is 0 Å². The first-order valence-corrected chi connectivity index (χ1v) is 6.95. The van der Waals surface area contributed by atoms with Crippen molar-refractivity contribution in [2.75, 3.05) is 13.1 Å². The van der Waals surface area contributed by atoms with E-state index >= 15 is 0 Å². The van der Waals surface area contributed by atoms with Gasteiger partial charge in [0, 0.05) is 30.7 Å². The van der Waals surface area contributed by atoms with E-state index in [1.165, 1.54) is 4.88 Å². The molecular weight excluding hydrogens is 234 g/mol. The van der Waals surface area contributed by atoms with Gasteiger partial charge < -0.3 is 5.32 Å². The van der Waals surface area contributed by atoms with Gasteiger partial charge in [-0.15, -0.1) is 11.3 Å². The van der Waals surface area contributed by atoms with Crippen molar-refractivity contribution in [1.82, 2.24) is 15.2 Å². The smallest absolute Gasteiger partial charge is 0.240 e. The summed E-state index contributed by atoms with van der Waals surface area (Å²) in [5.41, 5.74) is 1.48. The molecule has 2 heterocycles. The molecule has 0 unspecified atom stereocenters. The average Bonchev–Trinajstić information content (AvgIpc) is 2.79. The molecule has 0 radical (unpaired) electrons. The molecule has 1 saturated heterocycles. The van der Waals surface area contributed by atoms with Gasteiger partial charge >= 0.3 is 0 Å². The van der Waals surface area contributed by atoms with Crippen molar-refractivity contribution < 1.29 is 4.79 Å². The summed E-state index contributed by atoms with van der Waals surface area (Å²) in [5, 5.41) is 2.97. The highest BCUT2D eigenvalue weighted by molar-refractivity contribution is 7.09. The highest BCUT2D eigenvalue weighted by Gasteiger charge is 2.41. The molecule has 1 aromatic heterocycles. The molecule has 1 amide bonds. The molecule has 5 heteroatoms. The molecular formula is C12H19N3OS. The van der Waals surface area contributed by atoms with Crippen LogP contribution in [0, 0.1) is 0 Å². The van der Waals surface area contributed by atoms with Gasteiger partial charge in [-0.25, -0.2) is 0 Å². The number of carbonyl (C=O) groups excluding carboxylic acids is 1. The van der Waals surface area contributed by atoms with Crippen molar-refractivity contribution in [2.24, 2.45) is 0 Å². The van der Waals surface area contributed by atoms with E-state index in [-0.39, 0.29) is 11.4 Å². The number of nitrogens with one attached hydrogen (secondary N) is 1. The molecule has 0 spiro atoms. The third kappa shape index (κ3) is 2.50. The molecule has 0 aromatic carbocycles. The molecule has 0 bridgehead atoms. The summed E-state index contributed by atoms with van der Waals surface area (Å²) in [6.07, 6.45) is 3.81. The van der Waals surface area contributed by atoms with Gasteiger partial charge in [0.15, 0.2) is 0 Å². The SMILES string of the molecule is CCC[C@]1(C)C(=O)NCCN1Cc1cncs1. The highest BCUT2D eigenvalue weighted by atomic mass is 32.1. The summed E-state index contributed by atoms with van der Waals surface area (Å²) < 4.78 is 0. The van der Waals surface area contributed by atoms with Crippen LogP contribution in [0.3, 0.4) is 0 Å². The molecule has 1 atom stereocenters. The molecule has 1 aromatic rings. The Balaban J connectivity index is 2.14. The van der Waals surface area contributed by atoms with E-state index in [2.05, 4.69) is 22.1 Å². The minimum atomic E-state index is -0.364. The van der Waals surface area contributed by atoms with Crippen LogP contribution in [-0.2, 0) is 11.3 Å². The first-order chi connectivity index (χ1) is 8.16. The van der Waals surface area contributed by atoms with Gasteiger partial charge in [-0.2, -0.15) is 0 Å². The molecule has 0 aliphatic carbocycles. The topological polar surface area (TPSA) is 45.2 Å². The molecule has 1 aliphatic heterocycles. The lowest BCUT2D eigenvalue weighted by Crippen LogP contribution is -2.62. The first-order valence-electron chi connectivity index (χ1n) is 6.07. The Kier molecular flexibility index (Phi) is 3.79. The van der Waals surface area contributed by atoms with Crippen LogP contribution in [-0.4, -0.2) is 34.4 Å². The Bertz CT molecular complexity index is 379. The molecule has 94 valence electrons. The highest BCUT2D eigenvalue weighted by Crippen LogP contribution is 2.26. The van der Waals surface area contributed by atoms with Gasteiger partial charge in [-0.3, -0.25) is 14.7 Å².